The highest BCUT2D eigenvalue weighted by Crippen LogP contribution is 2.34. The number of alkyl halides is 2. The van der Waals surface area contributed by atoms with Crippen LogP contribution in [0.25, 0.3) is 5.57 Å². The van der Waals surface area contributed by atoms with E-state index >= 15 is 0 Å². The molecular formula is C22H25F2N3. The SMILES string of the molecule is Cc1cc(NC2CCC(F)(F)CC2)nc(/C2=C/C=C\C=C/C=C\CC=C2)n1. The first-order valence-electron chi connectivity index (χ1n) is 9.39. The van der Waals surface area contributed by atoms with E-state index in [0.717, 1.165) is 17.7 Å². The van der Waals surface area contributed by atoms with E-state index in [1.165, 1.54) is 0 Å². The van der Waals surface area contributed by atoms with Gasteiger partial charge in [0.1, 0.15) is 5.82 Å². The predicted octanol–water partition coefficient (Wildman–Crippen LogP) is 5.79. The Bertz CT molecular complexity index is 794. The number of aromatic nitrogens is 2. The zero-order chi connectivity index (χ0) is 19.1. The third kappa shape index (κ3) is 5.98. The number of nitrogens with one attached hydrogen (secondary N) is 1. The molecular weight excluding hydrogens is 344 g/mol. The minimum absolute atomic E-state index is 0.0269. The highest BCUT2D eigenvalue weighted by atomic mass is 19.3. The largest absolute Gasteiger partial charge is 0.367 e. The van der Waals surface area contributed by atoms with E-state index in [1.807, 2.05) is 55.5 Å². The van der Waals surface area contributed by atoms with Crippen molar-refractivity contribution in [3.05, 3.63) is 72.3 Å². The number of hydrogen-bond acceptors (Lipinski definition) is 3. The molecule has 1 heterocycles. The van der Waals surface area contributed by atoms with E-state index in [-0.39, 0.29) is 18.9 Å². The monoisotopic (exact) mass is 369 g/mol. The summed E-state index contributed by atoms with van der Waals surface area (Å²) in [6.45, 7) is 1.92. The van der Waals surface area contributed by atoms with Crippen molar-refractivity contribution in [2.24, 2.45) is 0 Å². The lowest BCUT2D eigenvalue weighted by Crippen LogP contribution is -2.32. The van der Waals surface area contributed by atoms with Crippen LogP contribution in [0.3, 0.4) is 0 Å². The number of allylic oxidation sites excluding steroid dienone is 10. The zero-order valence-electron chi connectivity index (χ0n) is 15.5. The standard InChI is InChI=1S/C22H25F2N3/c1-17-16-20(26-19-12-14-22(23,24)15-13-19)27-21(25-17)18-10-8-6-4-2-3-5-7-9-11-18/h2-6,8-11,16,19H,7,12-15H2,1H3,(H,25,26,27)/b4-2-,5-3-,8-6-,11-9?,18-10+. The van der Waals surface area contributed by atoms with Crippen molar-refractivity contribution in [3.8, 4) is 0 Å². The van der Waals surface area contributed by atoms with Crippen molar-refractivity contribution in [1.29, 1.82) is 0 Å². The molecule has 2 aliphatic rings. The number of halogens is 2. The number of aryl methyl sites for hydroxylation is 1. The average molecular weight is 369 g/mol. The fourth-order valence-corrected chi connectivity index (χ4v) is 3.15. The Morgan fingerprint density at radius 3 is 2.56 bits per heavy atom. The summed E-state index contributed by atoms with van der Waals surface area (Å²) in [7, 11) is 0. The number of anilines is 1. The van der Waals surface area contributed by atoms with Gasteiger partial charge in [0, 0.05) is 36.2 Å². The number of rotatable bonds is 3. The molecule has 142 valence electrons. The van der Waals surface area contributed by atoms with Gasteiger partial charge in [0.15, 0.2) is 5.82 Å². The van der Waals surface area contributed by atoms with Crippen LogP contribution in [0.4, 0.5) is 14.6 Å². The molecule has 3 nitrogen and oxygen atoms in total. The molecule has 0 unspecified atom stereocenters. The lowest BCUT2D eigenvalue weighted by Gasteiger charge is -2.29. The van der Waals surface area contributed by atoms with Gasteiger partial charge in [-0.3, -0.25) is 0 Å². The highest BCUT2D eigenvalue weighted by molar-refractivity contribution is 5.71. The number of hydrogen-bond donors (Lipinski definition) is 1. The van der Waals surface area contributed by atoms with Crippen LogP contribution in [0, 0.1) is 6.92 Å². The van der Waals surface area contributed by atoms with Crippen LogP contribution in [0.1, 0.15) is 43.6 Å². The molecule has 1 aromatic heterocycles. The van der Waals surface area contributed by atoms with Gasteiger partial charge in [0.05, 0.1) is 0 Å². The molecule has 1 fully saturated rings. The average Bonchev–Trinajstić information content (AvgIpc) is 2.68. The first-order valence-corrected chi connectivity index (χ1v) is 9.39. The van der Waals surface area contributed by atoms with Crippen LogP contribution in [-0.4, -0.2) is 21.9 Å². The molecule has 0 atom stereocenters. The smallest absolute Gasteiger partial charge is 0.248 e. The normalized spacial score (nSPS) is 25.7. The molecule has 0 spiro atoms. The Morgan fingerprint density at radius 2 is 1.74 bits per heavy atom. The highest BCUT2D eigenvalue weighted by Gasteiger charge is 2.34. The molecule has 27 heavy (non-hydrogen) atoms. The van der Waals surface area contributed by atoms with Crippen LogP contribution in [0.15, 0.2) is 60.8 Å². The van der Waals surface area contributed by atoms with Gasteiger partial charge in [-0.2, -0.15) is 0 Å². The summed E-state index contributed by atoms with van der Waals surface area (Å²) in [6.07, 6.45) is 19.6. The second kappa shape index (κ2) is 8.89. The zero-order valence-corrected chi connectivity index (χ0v) is 15.5. The van der Waals surface area contributed by atoms with E-state index in [9.17, 15) is 8.78 Å². The molecule has 0 saturated heterocycles. The van der Waals surface area contributed by atoms with Crippen molar-refractivity contribution < 1.29 is 8.78 Å². The maximum Gasteiger partial charge on any atom is 0.248 e. The van der Waals surface area contributed by atoms with Gasteiger partial charge in [-0.15, -0.1) is 0 Å². The molecule has 0 aromatic carbocycles. The van der Waals surface area contributed by atoms with E-state index < -0.39 is 5.92 Å². The first-order chi connectivity index (χ1) is 13.0. The first kappa shape index (κ1) is 19.2. The van der Waals surface area contributed by atoms with Gasteiger partial charge in [0.2, 0.25) is 5.92 Å². The summed E-state index contributed by atoms with van der Waals surface area (Å²) in [5.74, 6) is -1.20. The Morgan fingerprint density at radius 1 is 1.00 bits per heavy atom. The van der Waals surface area contributed by atoms with Crippen LogP contribution >= 0.6 is 0 Å². The summed E-state index contributed by atoms with van der Waals surface area (Å²) >= 11 is 0. The number of nitrogens with zero attached hydrogens (tertiary/aromatic N) is 2. The van der Waals surface area contributed by atoms with Crippen molar-refractivity contribution in [2.75, 3.05) is 5.32 Å². The fourth-order valence-electron chi connectivity index (χ4n) is 3.15. The molecule has 0 amide bonds. The summed E-state index contributed by atoms with van der Waals surface area (Å²) in [5, 5.41) is 3.32. The van der Waals surface area contributed by atoms with Gasteiger partial charge in [0.25, 0.3) is 0 Å². The molecule has 1 N–H and O–H groups in total. The van der Waals surface area contributed by atoms with Crippen LogP contribution in [0.2, 0.25) is 0 Å². The Balaban J connectivity index is 1.79. The van der Waals surface area contributed by atoms with Crippen LogP contribution < -0.4 is 5.32 Å². The minimum Gasteiger partial charge on any atom is -0.367 e. The van der Waals surface area contributed by atoms with Crippen LogP contribution in [0.5, 0.6) is 0 Å². The van der Waals surface area contributed by atoms with Gasteiger partial charge >= 0.3 is 0 Å². The topological polar surface area (TPSA) is 37.8 Å². The minimum atomic E-state index is -2.52. The van der Waals surface area contributed by atoms with Crippen molar-refractivity contribution in [2.45, 2.75) is 51.0 Å². The van der Waals surface area contributed by atoms with E-state index in [4.69, 9.17) is 0 Å². The predicted molar refractivity (Wildman–Crippen MR) is 107 cm³/mol. The summed E-state index contributed by atoms with van der Waals surface area (Å²) < 4.78 is 26.7. The molecule has 1 aromatic rings. The van der Waals surface area contributed by atoms with E-state index in [1.54, 1.807) is 0 Å². The quantitative estimate of drug-likeness (QED) is 0.733. The molecule has 0 radical (unpaired) electrons. The Kier molecular flexibility index (Phi) is 6.32. The van der Waals surface area contributed by atoms with Gasteiger partial charge < -0.3 is 5.32 Å². The van der Waals surface area contributed by atoms with Crippen LogP contribution in [-0.2, 0) is 0 Å². The summed E-state index contributed by atoms with van der Waals surface area (Å²) in [4.78, 5) is 9.20. The van der Waals surface area contributed by atoms with E-state index in [2.05, 4.69) is 27.4 Å². The van der Waals surface area contributed by atoms with Crippen molar-refractivity contribution in [1.82, 2.24) is 9.97 Å². The maximum absolute atomic E-state index is 13.4. The van der Waals surface area contributed by atoms with Gasteiger partial charge in [-0.05, 0) is 26.2 Å². The third-order valence-corrected chi connectivity index (χ3v) is 4.61. The molecule has 5 heteroatoms. The fraction of sp³-hybridized carbons (Fsp3) is 0.364. The summed E-state index contributed by atoms with van der Waals surface area (Å²) in [5.41, 5.74) is 1.76. The lowest BCUT2D eigenvalue weighted by molar-refractivity contribution is -0.0361. The summed E-state index contributed by atoms with van der Waals surface area (Å²) in [6, 6.07) is 1.89. The second-order valence-electron chi connectivity index (χ2n) is 6.95. The Labute approximate surface area is 159 Å². The molecule has 0 bridgehead atoms. The molecule has 0 aliphatic heterocycles. The molecule has 1 saturated carbocycles. The second-order valence-corrected chi connectivity index (χ2v) is 6.95. The van der Waals surface area contributed by atoms with Gasteiger partial charge in [-0.25, -0.2) is 18.7 Å². The van der Waals surface area contributed by atoms with Gasteiger partial charge in [-0.1, -0.05) is 54.7 Å². The molecule has 2 aliphatic carbocycles. The maximum atomic E-state index is 13.4. The van der Waals surface area contributed by atoms with Crippen molar-refractivity contribution in [3.63, 3.8) is 0 Å². The van der Waals surface area contributed by atoms with Crippen molar-refractivity contribution >= 4 is 11.4 Å². The van der Waals surface area contributed by atoms with E-state index in [0.29, 0.717) is 24.5 Å². The molecule has 3 rings (SSSR count). The lowest BCUT2D eigenvalue weighted by atomic mass is 9.92. The Hall–Kier alpha value is -2.56. The third-order valence-electron chi connectivity index (χ3n) is 4.61.